The highest BCUT2D eigenvalue weighted by Gasteiger charge is 2.31. The molecule has 0 aromatic heterocycles. The van der Waals surface area contributed by atoms with Gasteiger partial charge in [-0.05, 0) is 24.3 Å². The first-order valence-corrected chi connectivity index (χ1v) is 15.5. The highest BCUT2D eigenvalue weighted by atomic mass is 31.1. The molecule has 0 heterocycles. The van der Waals surface area contributed by atoms with Crippen LogP contribution in [0, 0.1) is 0 Å². The van der Waals surface area contributed by atoms with Crippen LogP contribution >= 0.6 is 7.92 Å². The Balaban J connectivity index is 0.000000225. The third kappa shape index (κ3) is 6.04. The molecule has 0 atom stereocenters. The average molecular weight is 501 g/mol. The van der Waals surface area contributed by atoms with E-state index in [1.54, 1.807) is 0 Å². The summed E-state index contributed by atoms with van der Waals surface area (Å²) >= 11 is 0. The second kappa shape index (κ2) is 12.6. The van der Waals surface area contributed by atoms with Crippen LogP contribution in [0.25, 0.3) is 0 Å². The van der Waals surface area contributed by atoms with E-state index >= 15 is 0 Å². The minimum Gasteiger partial charge on any atom is -0.378 e. The minimum atomic E-state index is -1.22. The van der Waals surface area contributed by atoms with Crippen LogP contribution in [-0.2, 0) is 0 Å². The first kappa shape index (κ1) is 26.5. The van der Waals surface area contributed by atoms with Gasteiger partial charge >= 0.3 is 0 Å². The average Bonchev–Trinajstić information content (AvgIpc) is 2.96. The molecule has 37 heavy (non-hydrogen) atoms. The number of anilines is 1. The zero-order valence-corrected chi connectivity index (χ0v) is 23.4. The van der Waals surface area contributed by atoms with Gasteiger partial charge in [0.15, 0.2) is 0 Å². The van der Waals surface area contributed by atoms with Gasteiger partial charge in [0.1, 0.15) is 6.15 Å². The molecule has 0 saturated heterocycles. The Morgan fingerprint density at radius 3 is 0.973 bits per heavy atom. The van der Waals surface area contributed by atoms with Crippen LogP contribution in [0.3, 0.4) is 0 Å². The summed E-state index contributed by atoms with van der Waals surface area (Å²) < 4.78 is 0. The molecule has 1 nitrogen and oxygen atoms in total. The van der Waals surface area contributed by atoms with Crippen LogP contribution in [0.15, 0.2) is 146 Å². The van der Waals surface area contributed by atoms with E-state index in [1.807, 2.05) is 0 Å². The van der Waals surface area contributed by atoms with E-state index in [1.165, 1.54) is 32.8 Å². The molecule has 186 valence electrons. The molecule has 0 saturated carbocycles. The maximum Gasteiger partial charge on any atom is 0.108 e. The number of nitrogens with zero attached hydrogens (tertiary/aromatic N) is 1. The van der Waals surface area contributed by atoms with E-state index in [0.717, 1.165) is 0 Å². The lowest BCUT2D eigenvalue weighted by Gasteiger charge is -2.44. The van der Waals surface area contributed by atoms with Crippen LogP contribution in [0.4, 0.5) is 5.69 Å². The predicted molar refractivity (Wildman–Crippen MR) is 171 cm³/mol. The van der Waals surface area contributed by atoms with Gasteiger partial charge in [0, 0.05) is 27.7 Å². The second-order valence-corrected chi connectivity index (χ2v) is 12.5. The fourth-order valence-electron chi connectivity index (χ4n) is 5.21. The summed E-state index contributed by atoms with van der Waals surface area (Å²) in [7, 11) is 3.86. The fourth-order valence-corrected chi connectivity index (χ4v) is 6.05. The van der Waals surface area contributed by atoms with Crippen molar-refractivity contribution in [3.05, 3.63) is 146 Å². The van der Waals surface area contributed by atoms with Crippen molar-refractivity contribution in [2.24, 2.45) is 0 Å². The highest BCUT2D eigenvalue weighted by molar-refractivity contribution is 7.64. The largest absolute Gasteiger partial charge is 0.378 e. The molecule has 0 bridgehead atoms. The number of hydrogen-bond acceptors (Lipinski definition) is 1. The summed E-state index contributed by atoms with van der Waals surface area (Å²) in [6.07, 6.45) is -1.22. The van der Waals surface area contributed by atoms with Gasteiger partial charge in [0.25, 0.3) is 0 Å². The Morgan fingerprint density at radius 2 is 0.730 bits per heavy atom. The standard InChI is InChI=1S/C24H20B.C10H16NP/c1-5-13-21(14-6-1)25(22-15-7-2-8-16-22,23-17-9-3-10-18-23)24-19-11-4-12-20-24;1-11(2)9-5-7-10(8-6-9)12(3)4/h1-20H;5-8H,1-4H3/q-1;/p+1. The van der Waals surface area contributed by atoms with Gasteiger partial charge in [0.2, 0.25) is 0 Å². The molecule has 0 aliphatic carbocycles. The molecule has 0 aliphatic heterocycles. The molecule has 0 spiro atoms. The number of hydrogen-bond donors (Lipinski definition) is 0. The normalized spacial score (nSPS) is 10.9. The molecule has 3 heteroatoms. The summed E-state index contributed by atoms with van der Waals surface area (Å²) in [4.78, 5) is 2.13. The fraction of sp³-hybridized carbons (Fsp3) is 0.118. The number of benzene rings is 5. The van der Waals surface area contributed by atoms with Gasteiger partial charge in [-0.2, -0.15) is 21.9 Å². The Bertz CT molecular complexity index is 1150. The van der Waals surface area contributed by atoms with E-state index in [9.17, 15) is 0 Å². The van der Waals surface area contributed by atoms with Crippen LogP contribution in [0.1, 0.15) is 0 Å². The maximum atomic E-state index is 2.31. The molecule has 5 aromatic carbocycles. The van der Waals surface area contributed by atoms with Crippen molar-refractivity contribution in [2.45, 2.75) is 0 Å². The van der Waals surface area contributed by atoms with Crippen LogP contribution in [0.5, 0.6) is 0 Å². The first-order chi connectivity index (χ1) is 18.0. The van der Waals surface area contributed by atoms with Crippen molar-refractivity contribution in [1.29, 1.82) is 0 Å². The summed E-state index contributed by atoms with van der Waals surface area (Å²) in [5, 5.41) is 1.51. The van der Waals surface area contributed by atoms with Crippen LogP contribution < -0.4 is 32.1 Å². The summed E-state index contributed by atoms with van der Waals surface area (Å²) in [5.41, 5.74) is 6.64. The molecule has 0 unspecified atom stereocenters. The Hall–Kier alpha value is -3.61. The van der Waals surface area contributed by atoms with Gasteiger partial charge in [-0.15, -0.1) is 0 Å². The molecule has 5 aromatic rings. The summed E-state index contributed by atoms with van der Waals surface area (Å²) in [5.74, 6) is 0. The third-order valence-corrected chi connectivity index (χ3v) is 8.65. The molecular formula is C34H37BNP. The quantitative estimate of drug-likeness (QED) is 0.236. The van der Waals surface area contributed by atoms with Crippen molar-refractivity contribution >= 4 is 46.9 Å². The zero-order chi connectivity index (χ0) is 26.1. The van der Waals surface area contributed by atoms with Gasteiger partial charge < -0.3 is 4.90 Å². The van der Waals surface area contributed by atoms with Gasteiger partial charge in [-0.1, -0.05) is 121 Å². The SMILES string of the molecule is CN(C)c1ccc([PH+](C)C)cc1.c1ccc([B-](c2ccccc2)(c2ccccc2)c2ccccc2)cc1. The second-order valence-electron chi connectivity index (χ2n) is 9.95. The maximum absolute atomic E-state index is 2.31. The Kier molecular flexibility index (Phi) is 8.99. The molecule has 0 amide bonds. The lowest BCUT2D eigenvalue weighted by atomic mass is 9.13. The predicted octanol–water partition coefficient (Wildman–Crippen LogP) is 4.92. The van der Waals surface area contributed by atoms with E-state index in [2.05, 4.69) is 178 Å². The third-order valence-electron chi connectivity index (χ3n) is 7.16. The molecule has 0 radical (unpaired) electrons. The summed E-state index contributed by atoms with van der Waals surface area (Å²) in [6, 6.07) is 52.4. The van der Waals surface area contributed by atoms with Crippen molar-refractivity contribution in [3.8, 4) is 0 Å². The lowest BCUT2D eigenvalue weighted by Crippen LogP contribution is -2.74. The molecule has 0 aliphatic rings. The van der Waals surface area contributed by atoms with Crippen molar-refractivity contribution in [3.63, 3.8) is 0 Å². The molecule has 0 fully saturated rings. The van der Waals surface area contributed by atoms with Gasteiger partial charge in [-0.25, -0.2) is 0 Å². The molecule has 5 rings (SSSR count). The lowest BCUT2D eigenvalue weighted by molar-refractivity contribution is 1.13. The first-order valence-electron chi connectivity index (χ1n) is 13.0. The van der Waals surface area contributed by atoms with E-state index in [0.29, 0.717) is 0 Å². The van der Waals surface area contributed by atoms with Gasteiger partial charge in [0.05, 0.1) is 18.6 Å². The highest BCUT2D eigenvalue weighted by Crippen LogP contribution is 2.24. The van der Waals surface area contributed by atoms with Crippen molar-refractivity contribution in [2.75, 3.05) is 32.3 Å². The van der Waals surface area contributed by atoms with Gasteiger partial charge in [-0.3, -0.25) is 0 Å². The smallest absolute Gasteiger partial charge is 0.108 e. The zero-order valence-electron chi connectivity index (χ0n) is 22.4. The molecule has 0 N–H and O–H groups in total. The minimum absolute atomic E-state index is 0.273. The molecular weight excluding hydrogens is 464 g/mol. The van der Waals surface area contributed by atoms with Crippen LogP contribution in [-0.4, -0.2) is 33.6 Å². The summed E-state index contributed by atoms with van der Waals surface area (Å²) in [6.45, 7) is 4.63. The Labute approximate surface area is 224 Å². The van der Waals surface area contributed by atoms with E-state index < -0.39 is 6.15 Å². The topological polar surface area (TPSA) is 3.24 Å². The van der Waals surface area contributed by atoms with Crippen LogP contribution in [0.2, 0.25) is 0 Å². The van der Waals surface area contributed by atoms with Crippen molar-refractivity contribution in [1.82, 2.24) is 0 Å². The van der Waals surface area contributed by atoms with E-state index in [-0.39, 0.29) is 7.92 Å². The monoisotopic (exact) mass is 501 g/mol. The van der Waals surface area contributed by atoms with E-state index in [4.69, 9.17) is 0 Å². The Morgan fingerprint density at radius 1 is 0.432 bits per heavy atom. The number of rotatable bonds is 6. The van der Waals surface area contributed by atoms with Crippen molar-refractivity contribution < 1.29 is 0 Å².